The van der Waals surface area contributed by atoms with Gasteiger partial charge in [-0.2, -0.15) is 0 Å². The average molecular weight is 76.5 g/mol. The molecule has 0 spiro atoms. The Morgan fingerprint density at radius 1 is 1.75 bits per heavy atom. The van der Waals surface area contributed by atoms with Gasteiger partial charge in [-0.1, -0.05) is 0 Å². The molecule has 0 aromatic rings. The monoisotopic (exact) mass is 76.0 g/mol. The van der Waals surface area contributed by atoms with E-state index in [2.05, 4.69) is 12.3 Å². The highest BCUT2D eigenvalue weighted by Gasteiger charge is 1.09. The minimum absolute atomic E-state index is 0. The summed E-state index contributed by atoms with van der Waals surface area (Å²) in [6.45, 7) is 1.65. The van der Waals surface area contributed by atoms with E-state index < -0.39 is 0 Å². The molecular weight excluding hydrogens is 71.5 g/mol. The second-order valence-corrected chi connectivity index (χ2v) is 0.289. The standard InChI is InChI=1S/C3H4.ClH/c1-3-2;/h1H,2H3;1H. The summed E-state index contributed by atoms with van der Waals surface area (Å²) >= 11 is 0. The average Bonchev–Trinajstić information content (AvgIpc) is 0.918. The van der Waals surface area contributed by atoms with Gasteiger partial charge in [0.05, 0.1) is 0 Å². The van der Waals surface area contributed by atoms with Crippen LogP contribution in [0.2, 0.25) is 0 Å². The molecule has 1 heteroatoms. The molecule has 0 bridgehead atoms. The molecule has 0 saturated heterocycles. The third-order valence-electron chi connectivity index (χ3n) is 0. The van der Waals surface area contributed by atoms with Crippen molar-refractivity contribution in [3.63, 3.8) is 0 Å². The Hall–Kier alpha value is -0.150. The van der Waals surface area contributed by atoms with E-state index in [4.69, 9.17) is 0 Å². The SMILES string of the molecule is C#CC.Cl. The third kappa shape index (κ3) is 59.4. The fourth-order valence-electron chi connectivity index (χ4n) is 0. The van der Waals surface area contributed by atoms with Crippen molar-refractivity contribution in [2.45, 2.75) is 6.92 Å². The molecule has 0 amide bonds. The van der Waals surface area contributed by atoms with Gasteiger partial charge in [-0.05, 0) is 6.92 Å². The molecule has 0 rings (SSSR count). The van der Waals surface area contributed by atoms with Gasteiger partial charge in [-0.3, -0.25) is 0 Å². The molecule has 0 aromatic heterocycles. The van der Waals surface area contributed by atoms with Crippen LogP contribution < -0.4 is 0 Å². The molecule has 24 valence electrons. The van der Waals surface area contributed by atoms with Crippen molar-refractivity contribution in [1.29, 1.82) is 0 Å². The van der Waals surface area contributed by atoms with Gasteiger partial charge in [-0.25, -0.2) is 0 Å². The molecule has 0 atom stereocenters. The van der Waals surface area contributed by atoms with Crippen LogP contribution in [0.15, 0.2) is 0 Å². The summed E-state index contributed by atoms with van der Waals surface area (Å²) < 4.78 is 0. The molecule has 0 nitrogen and oxygen atoms in total. The Balaban J connectivity index is 0. The topological polar surface area (TPSA) is 0 Å². The number of hydrogen-bond donors (Lipinski definition) is 0. The maximum atomic E-state index is 4.60. The largest absolute Gasteiger partial charge is 0.147 e. The van der Waals surface area contributed by atoms with E-state index in [1.165, 1.54) is 0 Å². The lowest BCUT2D eigenvalue weighted by molar-refractivity contribution is 1.94. The summed E-state index contributed by atoms with van der Waals surface area (Å²) in [6, 6.07) is 0. The van der Waals surface area contributed by atoms with E-state index in [1.54, 1.807) is 6.92 Å². The molecule has 0 fully saturated rings. The second-order valence-electron chi connectivity index (χ2n) is 0.289. The second kappa shape index (κ2) is 13.5. The highest BCUT2D eigenvalue weighted by Crippen LogP contribution is 1.21. The van der Waals surface area contributed by atoms with Gasteiger partial charge >= 0.3 is 0 Å². The van der Waals surface area contributed by atoms with Gasteiger partial charge < -0.3 is 0 Å². The van der Waals surface area contributed by atoms with E-state index in [9.17, 15) is 0 Å². The summed E-state index contributed by atoms with van der Waals surface area (Å²) in [4.78, 5) is 0. The first-order valence-electron chi connectivity index (χ1n) is 0.789. The van der Waals surface area contributed by atoms with Crippen molar-refractivity contribution in [2.75, 3.05) is 0 Å². The zero-order valence-electron chi connectivity index (χ0n) is 2.49. The summed E-state index contributed by atoms with van der Waals surface area (Å²) in [7, 11) is 0. The smallest absolute Gasteiger partial charge is 0.00297 e. The van der Waals surface area contributed by atoms with Crippen LogP contribution in [0.4, 0.5) is 0 Å². The van der Waals surface area contributed by atoms with Crippen molar-refractivity contribution in [2.24, 2.45) is 0 Å². The van der Waals surface area contributed by atoms with Crippen LogP contribution in [0.25, 0.3) is 0 Å². The minimum Gasteiger partial charge on any atom is -0.147 e. The predicted molar refractivity (Wildman–Crippen MR) is 21.8 cm³/mol. The molecule has 0 heterocycles. The molecule has 0 aliphatic rings. The maximum absolute atomic E-state index is 4.60. The molecule has 0 aliphatic carbocycles. The van der Waals surface area contributed by atoms with Crippen LogP contribution in [0, 0.1) is 12.3 Å². The summed E-state index contributed by atoms with van der Waals surface area (Å²) in [5.74, 6) is 2.25. The lowest BCUT2D eigenvalue weighted by Gasteiger charge is -1.23. The van der Waals surface area contributed by atoms with E-state index in [0.29, 0.717) is 0 Å². The van der Waals surface area contributed by atoms with Crippen molar-refractivity contribution >= 4 is 12.4 Å². The summed E-state index contributed by atoms with van der Waals surface area (Å²) in [5.41, 5.74) is 0. The van der Waals surface area contributed by atoms with Gasteiger partial charge in [0.1, 0.15) is 0 Å². The first-order chi connectivity index (χ1) is 1.41. The number of rotatable bonds is 0. The van der Waals surface area contributed by atoms with Crippen LogP contribution in [-0.2, 0) is 0 Å². The zero-order chi connectivity index (χ0) is 2.71. The highest BCUT2D eigenvalue weighted by molar-refractivity contribution is 5.85. The van der Waals surface area contributed by atoms with Gasteiger partial charge in [0.25, 0.3) is 0 Å². The minimum atomic E-state index is 0. The first-order valence-corrected chi connectivity index (χ1v) is 0.789. The Morgan fingerprint density at radius 3 is 1.75 bits per heavy atom. The fraction of sp³-hybridized carbons (Fsp3) is 0.333. The van der Waals surface area contributed by atoms with Crippen LogP contribution in [0.5, 0.6) is 0 Å². The normalized spacial score (nSPS) is 2.00. The summed E-state index contributed by atoms with van der Waals surface area (Å²) in [5, 5.41) is 0. The van der Waals surface area contributed by atoms with E-state index in [-0.39, 0.29) is 12.4 Å². The molecule has 0 aliphatic heterocycles. The first kappa shape index (κ1) is 9.14. The summed E-state index contributed by atoms with van der Waals surface area (Å²) in [6.07, 6.45) is 4.60. The molecule has 4 heavy (non-hydrogen) atoms. The molecular formula is C3H5Cl. The van der Waals surface area contributed by atoms with Gasteiger partial charge in [0.15, 0.2) is 0 Å². The van der Waals surface area contributed by atoms with Crippen LogP contribution in [0.1, 0.15) is 6.92 Å². The molecule has 0 saturated carbocycles. The number of terminal acetylenes is 1. The maximum Gasteiger partial charge on any atom is -0.00297 e. The molecule has 0 unspecified atom stereocenters. The van der Waals surface area contributed by atoms with Gasteiger partial charge in [0.2, 0.25) is 0 Å². The lowest BCUT2D eigenvalue weighted by Crippen LogP contribution is -1.10. The molecule has 0 radical (unpaired) electrons. The van der Waals surface area contributed by atoms with Gasteiger partial charge in [-0.15, -0.1) is 24.8 Å². The highest BCUT2D eigenvalue weighted by atomic mass is 35.5. The zero-order valence-corrected chi connectivity index (χ0v) is 3.30. The van der Waals surface area contributed by atoms with Crippen molar-refractivity contribution in [1.82, 2.24) is 0 Å². The van der Waals surface area contributed by atoms with E-state index in [1.807, 2.05) is 0 Å². The lowest BCUT2D eigenvalue weighted by atomic mass is 10.9. The van der Waals surface area contributed by atoms with E-state index >= 15 is 0 Å². The van der Waals surface area contributed by atoms with Crippen LogP contribution in [0.3, 0.4) is 0 Å². The Kier molecular flexibility index (Phi) is 30.8. The molecule has 0 N–H and O–H groups in total. The van der Waals surface area contributed by atoms with Gasteiger partial charge in [0, 0.05) is 0 Å². The fourth-order valence-corrected chi connectivity index (χ4v) is 0. The van der Waals surface area contributed by atoms with Crippen LogP contribution in [-0.4, -0.2) is 0 Å². The van der Waals surface area contributed by atoms with E-state index in [0.717, 1.165) is 0 Å². The Morgan fingerprint density at radius 2 is 1.75 bits per heavy atom. The quantitative estimate of drug-likeness (QED) is 0.379. The van der Waals surface area contributed by atoms with Crippen molar-refractivity contribution in [3.8, 4) is 12.3 Å². The van der Waals surface area contributed by atoms with Crippen LogP contribution >= 0.6 is 12.4 Å². The number of halogens is 1. The molecule has 0 aromatic carbocycles. The van der Waals surface area contributed by atoms with Crippen molar-refractivity contribution in [3.05, 3.63) is 0 Å². The third-order valence-corrected chi connectivity index (χ3v) is 0. The Labute approximate surface area is 32.6 Å². The predicted octanol–water partition coefficient (Wildman–Crippen LogP) is 1.06. The Bertz CT molecular complexity index is 24.8. The van der Waals surface area contributed by atoms with Crippen molar-refractivity contribution < 1.29 is 0 Å². The number of hydrogen-bond acceptors (Lipinski definition) is 0.